The van der Waals surface area contributed by atoms with E-state index in [0.29, 0.717) is 11.6 Å². The molecule has 0 saturated heterocycles. The van der Waals surface area contributed by atoms with Gasteiger partial charge in [-0.15, -0.1) is 0 Å². The molecule has 1 aromatic carbocycles. The molecule has 1 aromatic heterocycles. The molecule has 0 aliphatic carbocycles. The van der Waals surface area contributed by atoms with Gasteiger partial charge in [0.1, 0.15) is 5.75 Å². The minimum atomic E-state index is -0.209. The average Bonchev–Trinajstić information content (AvgIpc) is 2.52. The second-order valence-corrected chi connectivity index (χ2v) is 5.23. The van der Waals surface area contributed by atoms with Crippen LogP contribution in [0.25, 0.3) is 0 Å². The molecule has 0 aliphatic heterocycles. The monoisotopic (exact) mass is 314 g/mol. The van der Waals surface area contributed by atoms with E-state index in [1.165, 1.54) is 18.9 Å². The fraction of sp³-hybridized carbons (Fsp3) is 0.353. The van der Waals surface area contributed by atoms with Crippen LogP contribution >= 0.6 is 0 Å². The molecular formula is C17H22N4O2. The number of nitrogens with one attached hydrogen (secondary N) is 2. The van der Waals surface area contributed by atoms with Gasteiger partial charge in [-0.25, -0.2) is 10.4 Å². The largest absolute Gasteiger partial charge is 0.494 e. The number of H-pyrrole nitrogens is 1. The van der Waals surface area contributed by atoms with Gasteiger partial charge < -0.3 is 4.74 Å². The number of anilines is 1. The van der Waals surface area contributed by atoms with Crippen molar-refractivity contribution in [3.63, 3.8) is 0 Å². The Kier molecular flexibility index (Phi) is 6.35. The summed E-state index contributed by atoms with van der Waals surface area (Å²) in [5.41, 5.74) is 4.06. The summed E-state index contributed by atoms with van der Waals surface area (Å²) in [4.78, 5) is 18.0. The van der Waals surface area contributed by atoms with E-state index in [1.54, 1.807) is 13.1 Å². The lowest BCUT2D eigenvalue weighted by Crippen LogP contribution is -2.10. The molecule has 2 rings (SSSR count). The third-order valence-electron chi connectivity index (χ3n) is 3.15. The van der Waals surface area contributed by atoms with Crippen molar-refractivity contribution in [2.24, 2.45) is 5.10 Å². The van der Waals surface area contributed by atoms with Gasteiger partial charge in [0.05, 0.1) is 12.8 Å². The molecule has 0 spiro atoms. The second kappa shape index (κ2) is 8.73. The van der Waals surface area contributed by atoms with Crippen molar-refractivity contribution in [2.45, 2.75) is 33.1 Å². The Morgan fingerprint density at radius 3 is 2.78 bits per heavy atom. The summed E-state index contributed by atoms with van der Waals surface area (Å²) in [6, 6.07) is 9.10. The highest BCUT2D eigenvalue weighted by Gasteiger charge is 1.96. The molecule has 6 nitrogen and oxygen atoms in total. The molecule has 0 fully saturated rings. The van der Waals surface area contributed by atoms with Crippen molar-refractivity contribution in [2.75, 3.05) is 12.0 Å². The van der Waals surface area contributed by atoms with Crippen LogP contribution < -0.4 is 15.7 Å². The zero-order chi connectivity index (χ0) is 16.5. The number of rotatable bonds is 8. The zero-order valence-corrected chi connectivity index (χ0v) is 13.5. The normalized spacial score (nSPS) is 10.9. The van der Waals surface area contributed by atoms with Crippen molar-refractivity contribution in [3.05, 3.63) is 51.9 Å². The lowest BCUT2D eigenvalue weighted by molar-refractivity contribution is 0.306. The number of aromatic nitrogens is 2. The summed E-state index contributed by atoms with van der Waals surface area (Å²) in [5, 5.41) is 4.06. The second-order valence-electron chi connectivity index (χ2n) is 5.23. The van der Waals surface area contributed by atoms with Crippen LogP contribution in [-0.4, -0.2) is 22.8 Å². The van der Waals surface area contributed by atoms with E-state index in [9.17, 15) is 4.79 Å². The number of ether oxygens (including phenoxy) is 1. The maximum Gasteiger partial charge on any atom is 0.252 e. The summed E-state index contributed by atoms with van der Waals surface area (Å²) in [6.45, 7) is 4.67. The van der Waals surface area contributed by atoms with E-state index >= 15 is 0 Å². The van der Waals surface area contributed by atoms with Crippen LogP contribution in [0.1, 0.15) is 37.4 Å². The molecule has 0 saturated carbocycles. The van der Waals surface area contributed by atoms with Gasteiger partial charge >= 0.3 is 0 Å². The Hall–Kier alpha value is -2.63. The minimum absolute atomic E-state index is 0.209. The molecule has 0 atom stereocenters. The van der Waals surface area contributed by atoms with Crippen molar-refractivity contribution in [1.82, 2.24) is 9.97 Å². The quantitative estimate of drug-likeness (QED) is 0.446. The number of nitrogens with zero attached hydrogens (tertiary/aromatic N) is 2. The summed E-state index contributed by atoms with van der Waals surface area (Å²) < 4.78 is 5.65. The Morgan fingerprint density at radius 1 is 1.30 bits per heavy atom. The third-order valence-corrected chi connectivity index (χ3v) is 3.15. The number of hydrazone groups is 1. The van der Waals surface area contributed by atoms with Crippen molar-refractivity contribution < 1.29 is 4.74 Å². The van der Waals surface area contributed by atoms with Crippen molar-refractivity contribution >= 4 is 12.2 Å². The van der Waals surface area contributed by atoms with E-state index < -0.39 is 0 Å². The number of hydrogen-bond acceptors (Lipinski definition) is 5. The molecule has 23 heavy (non-hydrogen) atoms. The Morgan fingerprint density at radius 2 is 2.09 bits per heavy atom. The maximum absolute atomic E-state index is 11.3. The van der Waals surface area contributed by atoms with E-state index in [0.717, 1.165) is 24.3 Å². The third kappa shape index (κ3) is 5.94. The predicted octanol–water partition coefficient (Wildman–Crippen LogP) is 3.09. The lowest BCUT2D eigenvalue weighted by atomic mass is 10.2. The van der Waals surface area contributed by atoms with E-state index in [4.69, 9.17) is 4.74 Å². The molecule has 2 N–H and O–H groups in total. The molecule has 0 aliphatic rings. The first-order valence-electron chi connectivity index (χ1n) is 7.77. The van der Waals surface area contributed by atoms with Crippen LogP contribution in [0, 0.1) is 6.92 Å². The smallest absolute Gasteiger partial charge is 0.252 e. The SMILES string of the molecule is CCCCCOc1ccc(/C=N\Nc2nc(C)cc(=O)[nH]2)cc1. The summed E-state index contributed by atoms with van der Waals surface area (Å²) in [5.74, 6) is 1.18. The fourth-order valence-corrected chi connectivity index (χ4v) is 1.99. The number of unbranched alkanes of at least 4 members (excludes halogenated alkanes) is 2. The van der Waals surface area contributed by atoms with Gasteiger partial charge in [-0.2, -0.15) is 5.10 Å². The lowest BCUT2D eigenvalue weighted by Gasteiger charge is -2.05. The van der Waals surface area contributed by atoms with Crippen LogP contribution in [0.15, 0.2) is 40.2 Å². The fourth-order valence-electron chi connectivity index (χ4n) is 1.99. The highest BCUT2D eigenvalue weighted by atomic mass is 16.5. The van der Waals surface area contributed by atoms with Gasteiger partial charge in [-0.1, -0.05) is 19.8 Å². The topological polar surface area (TPSA) is 79.4 Å². The Labute approximate surface area is 135 Å². The maximum atomic E-state index is 11.3. The first kappa shape index (κ1) is 16.7. The van der Waals surface area contributed by atoms with Crippen molar-refractivity contribution in [1.29, 1.82) is 0 Å². The highest BCUT2D eigenvalue weighted by Crippen LogP contribution is 2.12. The molecule has 0 radical (unpaired) electrons. The standard InChI is InChI=1S/C17H22N4O2/c1-3-4-5-10-23-15-8-6-14(7-9-15)12-18-21-17-19-13(2)11-16(22)20-17/h6-9,11-12H,3-5,10H2,1-2H3,(H2,19,20,21,22)/b18-12-. The molecule has 2 aromatic rings. The molecule has 6 heteroatoms. The predicted molar refractivity (Wildman–Crippen MR) is 92.3 cm³/mol. The molecule has 0 bridgehead atoms. The van der Waals surface area contributed by atoms with Gasteiger partial charge in [0, 0.05) is 11.8 Å². The van der Waals surface area contributed by atoms with E-state index in [1.807, 2.05) is 24.3 Å². The Bertz CT molecular complexity index is 692. The van der Waals surface area contributed by atoms with Gasteiger partial charge in [0.25, 0.3) is 5.56 Å². The van der Waals surface area contributed by atoms with Crippen LogP contribution in [0.4, 0.5) is 5.95 Å². The Balaban J connectivity index is 1.86. The number of benzene rings is 1. The first-order chi connectivity index (χ1) is 11.2. The van der Waals surface area contributed by atoms with Crippen molar-refractivity contribution in [3.8, 4) is 5.75 Å². The number of hydrogen-bond donors (Lipinski definition) is 2. The number of aryl methyl sites for hydroxylation is 1. The first-order valence-corrected chi connectivity index (χ1v) is 7.77. The number of aromatic amines is 1. The molecular weight excluding hydrogens is 292 g/mol. The van der Waals surface area contributed by atoms with Crippen LogP contribution in [0.5, 0.6) is 5.75 Å². The molecule has 0 amide bonds. The van der Waals surface area contributed by atoms with E-state index in [2.05, 4.69) is 27.4 Å². The van der Waals surface area contributed by atoms with Gasteiger partial charge in [0.15, 0.2) is 0 Å². The average molecular weight is 314 g/mol. The van der Waals surface area contributed by atoms with Gasteiger partial charge in [0.2, 0.25) is 5.95 Å². The van der Waals surface area contributed by atoms with E-state index in [-0.39, 0.29) is 5.56 Å². The van der Waals surface area contributed by atoms with Crippen LogP contribution in [0.2, 0.25) is 0 Å². The van der Waals surface area contributed by atoms with Gasteiger partial charge in [-0.3, -0.25) is 9.78 Å². The molecule has 1 heterocycles. The van der Waals surface area contributed by atoms with Gasteiger partial charge in [-0.05, 0) is 43.2 Å². The molecule has 0 unspecified atom stereocenters. The minimum Gasteiger partial charge on any atom is -0.494 e. The highest BCUT2D eigenvalue weighted by molar-refractivity contribution is 5.80. The zero-order valence-electron chi connectivity index (χ0n) is 13.5. The molecule has 122 valence electrons. The summed E-state index contributed by atoms with van der Waals surface area (Å²) in [6.07, 6.45) is 5.10. The van der Waals surface area contributed by atoms with Crippen LogP contribution in [0.3, 0.4) is 0 Å². The van der Waals surface area contributed by atoms with Crippen LogP contribution in [-0.2, 0) is 0 Å². The summed E-state index contributed by atoms with van der Waals surface area (Å²) >= 11 is 0. The summed E-state index contributed by atoms with van der Waals surface area (Å²) in [7, 11) is 0.